The van der Waals surface area contributed by atoms with Crippen LogP contribution in [0, 0.1) is 17.2 Å². The van der Waals surface area contributed by atoms with Crippen molar-refractivity contribution < 1.29 is 8.78 Å². The Morgan fingerprint density at radius 1 is 1.64 bits per heavy atom. The molecule has 0 aromatic rings. The minimum atomic E-state index is -2.69. The van der Waals surface area contributed by atoms with E-state index in [9.17, 15) is 8.78 Å². The standard InChI is InChI=1S/C7H10F2N2/c8-7(9)5-11-4-2-6(7)1-3-10/h6,11H,1-2,4-5H2. The lowest BCUT2D eigenvalue weighted by atomic mass is 9.91. The zero-order valence-electron chi connectivity index (χ0n) is 6.11. The van der Waals surface area contributed by atoms with Gasteiger partial charge in [-0.25, -0.2) is 8.78 Å². The van der Waals surface area contributed by atoms with Crippen LogP contribution in [-0.2, 0) is 0 Å². The lowest BCUT2D eigenvalue weighted by molar-refractivity contribution is -0.0712. The van der Waals surface area contributed by atoms with Gasteiger partial charge in [-0.1, -0.05) is 0 Å². The van der Waals surface area contributed by atoms with Gasteiger partial charge in [-0.3, -0.25) is 0 Å². The topological polar surface area (TPSA) is 35.8 Å². The smallest absolute Gasteiger partial charge is 0.264 e. The second-order valence-electron chi connectivity index (χ2n) is 2.79. The highest BCUT2D eigenvalue weighted by molar-refractivity contribution is 4.89. The van der Waals surface area contributed by atoms with Gasteiger partial charge in [0.2, 0.25) is 0 Å². The molecule has 0 aromatic carbocycles. The van der Waals surface area contributed by atoms with Crippen LogP contribution in [0.4, 0.5) is 8.78 Å². The molecule has 1 aliphatic heterocycles. The molecule has 4 heteroatoms. The molecule has 1 rings (SSSR count). The first-order valence-corrected chi connectivity index (χ1v) is 3.62. The molecule has 0 saturated carbocycles. The van der Waals surface area contributed by atoms with Crippen molar-refractivity contribution >= 4 is 0 Å². The maximum absolute atomic E-state index is 12.8. The number of hydrogen-bond donors (Lipinski definition) is 1. The van der Waals surface area contributed by atoms with E-state index in [4.69, 9.17) is 5.26 Å². The predicted molar refractivity (Wildman–Crippen MR) is 36.2 cm³/mol. The highest BCUT2D eigenvalue weighted by Gasteiger charge is 2.40. The van der Waals surface area contributed by atoms with Crippen molar-refractivity contribution in [2.45, 2.75) is 18.8 Å². The van der Waals surface area contributed by atoms with Gasteiger partial charge in [-0.2, -0.15) is 5.26 Å². The largest absolute Gasteiger partial charge is 0.311 e. The molecule has 11 heavy (non-hydrogen) atoms. The number of alkyl halides is 2. The molecular weight excluding hydrogens is 150 g/mol. The predicted octanol–water partition coefficient (Wildman–Crippen LogP) is 1.14. The van der Waals surface area contributed by atoms with Gasteiger partial charge in [0.25, 0.3) is 5.92 Å². The quantitative estimate of drug-likeness (QED) is 0.624. The van der Waals surface area contributed by atoms with Crippen molar-refractivity contribution in [1.82, 2.24) is 5.32 Å². The Morgan fingerprint density at radius 2 is 2.36 bits per heavy atom. The summed E-state index contributed by atoms with van der Waals surface area (Å²) in [6.07, 6.45) is 0.370. The van der Waals surface area contributed by atoms with Crippen LogP contribution in [0.1, 0.15) is 12.8 Å². The van der Waals surface area contributed by atoms with Crippen LogP contribution in [0.2, 0.25) is 0 Å². The Kier molecular flexibility index (Phi) is 2.40. The number of nitriles is 1. The number of nitrogens with zero attached hydrogens (tertiary/aromatic N) is 1. The van der Waals surface area contributed by atoms with E-state index in [1.807, 2.05) is 0 Å². The van der Waals surface area contributed by atoms with E-state index in [1.54, 1.807) is 6.07 Å². The van der Waals surface area contributed by atoms with Crippen LogP contribution in [-0.4, -0.2) is 19.0 Å². The van der Waals surface area contributed by atoms with E-state index >= 15 is 0 Å². The van der Waals surface area contributed by atoms with Crippen LogP contribution in [0.15, 0.2) is 0 Å². The molecule has 1 N–H and O–H groups in total. The monoisotopic (exact) mass is 160 g/mol. The van der Waals surface area contributed by atoms with Crippen molar-refractivity contribution in [3.05, 3.63) is 0 Å². The molecule has 0 aliphatic carbocycles. The van der Waals surface area contributed by atoms with Crippen LogP contribution in [0.3, 0.4) is 0 Å². The number of nitrogens with one attached hydrogen (secondary N) is 1. The molecule has 1 saturated heterocycles. The van der Waals surface area contributed by atoms with Gasteiger partial charge in [0.1, 0.15) is 0 Å². The van der Waals surface area contributed by atoms with Gasteiger partial charge in [0.15, 0.2) is 0 Å². The van der Waals surface area contributed by atoms with Crippen molar-refractivity contribution in [2.75, 3.05) is 13.1 Å². The Bertz CT molecular complexity index is 174. The van der Waals surface area contributed by atoms with E-state index in [2.05, 4.69) is 5.32 Å². The molecule has 62 valence electrons. The third-order valence-corrected chi connectivity index (χ3v) is 1.97. The molecule has 1 heterocycles. The molecule has 1 fully saturated rings. The summed E-state index contributed by atoms with van der Waals surface area (Å²) in [5.74, 6) is -3.43. The number of piperidine rings is 1. The minimum Gasteiger partial charge on any atom is -0.311 e. The van der Waals surface area contributed by atoms with E-state index in [0.717, 1.165) is 0 Å². The first-order chi connectivity index (χ1) is 5.17. The summed E-state index contributed by atoms with van der Waals surface area (Å²) in [7, 11) is 0. The van der Waals surface area contributed by atoms with E-state index < -0.39 is 11.8 Å². The Labute approximate surface area is 64.2 Å². The molecule has 0 aromatic heterocycles. The average Bonchev–Trinajstić information content (AvgIpc) is 1.94. The summed E-state index contributed by atoms with van der Waals surface area (Å²) in [6, 6.07) is 1.79. The Morgan fingerprint density at radius 3 is 2.91 bits per heavy atom. The highest BCUT2D eigenvalue weighted by Crippen LogP contribution is 2.31. The maximum atomic E-state index is 12.8. The molecule has 1 atom stereocenters. The van der Waals surface area contributed by atoms with Crippen molar-refractivity contribution in [3.8, 4) is 6.07 Å². The molecule has 0 spiro atoms. The molecule has 0 amide bonds. The molecule has 0 radical (unpaired) electrons. The third-order valence-electron chi connectivity index (χ3n) is 1.97. The SMILES string of the molecule is N#CCC1CCNCC1(F)F. The molecule has 1 aliphatic rings. The summed E-state index contributed by atoms with van der Waals surface area (Å²) < 4.78 is 25.7. The second kappa shape index (κ2) is 3.14. The first-order valence-electron chi connectivity index (χ1n) is 3.62. The average molecular weight is 160 g/mol. The summed E-state index contributed by atoms with van der Waals surface area (Å²) >= 11 is 0. The fraction of sp³-hybridized carbons (Fsp3) is 0.857. The molecular formula is C7H10F2N2. The van der Waals surface area contributed by atoms with Gasteiger partial charge < -0.3 is 5.32 Å². The zero-order chi connectivity index (χ0) is 8.32. The lowest BCUT2D eigenvalue weighted by Gasteiger charge is -2.30. The minimum absolute atomic E-state index is 0.0331. The Balaban J connectivity index is 2.54. The van der Waals surface area contributed by atoms with Gasteiger partial charge >= 0.3 is 0 Å². The van der Waals surface area contributed by atoms with Crippen LogP contribution in [0.5, 0.6) is 0 Å². The zero-order valence-corrected chi connectivity index (χ0v) is 6.11. The van der Waals surface area contributed by atoms with Gasteiger partial charge in [0, 0.05) is 12.3 Å². The van der Waals surface area contributed by atoms with Crippen LogP contribution in [0.25, 0.3) is 0 Å². The highest BCUT2D eigenvalue weighted by atomic mass is 19.3. The van der Waals surface area contributed by atoms with Gasteiger partial charge in [0.05, 0.1) is 12.6 Å². The number of rotatable bonds is 1. The van der Waals surface area contributed by atoms with Crippen molar-refractivity contribution in [2.24, 2.45) is 5.92 Å². The summed E-state index contributed by atoms with van der Waals surface area (Å²) in [5, 5.41) is 10.9. The number of halogens is 2. The van der Waals surface area contributed by atoms with Crippen LogP contribution < -0.4 is 5.32 Å². The van der Waals surface area contributed by atoms with E-state index in [0.29, 0.717) is 13.0 Å². The van der Waals surface area contributed by atoms with Gasteiger partial charge in [-0.05, 0) is 13.0 Å². The van der Waals surface area contributed by atoms with E-state index in [-0.39, 0.29) is 13.0 Å². The maximum Gasteiger partial charge on any atom is 0.264 e. The lowest BCUT2D eigenvalue weighted by Crippen LogP contribution is -2.45. The molecule has 0 bridgehead atoms. The van der Waals surface area contributed by atoms with Gasteiger partial charge in [-0.15, -0.1) is 0 Å². The fourth-order valence-corrected chi connectivity index (χ4v) is 1.25. The van der Waals surface area contributed by atoms with Crippen LogP contribution >= 0.6 is 0 Å². The summed E-state index contributed by atoms with van der Waals surface area (Å²) in [4.78, 5) is 0. The fourth-order valence-electron chi connectivity index (χ4n) is 1.25. The van der Waals surface area contributed by atoms with E-state index in [1.165, 1.54) is 0 Å². The third kappa shape index (κ3) is 1.87. The Hall–Kier alpha value is -0.690. The molecule has 1 unspecified atom stereocenters. The second-order valence-corrected chi connectivity index (χ2v) is 2.79. The summed E-state index contributed by atoms with van der Waals surface area (Å²) in [6.45, 7) is 0.321. The van der Waals surface area contributed by atoms with Crippen molar-refractivity contribution in [1.29, 1.82) is 5.26 Å². The normalized spacial score (nSPS) is 29.4. The number of hydrogen-bond acceptors (Lipinski definition) is 2. The first kappa shape index (κ1) is 8.41. The summed E-state index contributed by atoms with van der Waals surface area (Å²) in [5.41, 5.74) is 0. The molecule has 2 nitrogen and oxygen atoms in total. The van der Waals surface area contributed by atoms with Crippen molar-refractivity contribution in [3.63, 3.8) is 0 Å².